The Labute approximate surface area is 136 Å². The molecule has 1 aromatic carbocycles. The van der Waals surface area contributed by atoms with Crippen molar-refractivity contribution in [3.05, 3.63) is 33.5 Å². The fourth-order valence-electron chi connectivity index (χ4n) is 2.25. The molecule has 1 fully saturated rings. The summed E-state index contributed by atoms with van der Waals surface area (Å²) in [5, 5.41) is 0.423. The summed E-state index contributed by atoms with van der Waals surface area (Å²) < 4.78 is 11.6. The van der Waals surface area contributed by atoms with E-state index in [1.807, 2.05) is 18.2 Å². The number of hydrogen-bond donors (Lipinski definition) is 0. The van der Waals surface area contributed by atoms with Gasteiger partial charge in [-0.05, 0) is 40.9 Å². The molecular formula is C15H14BrClN2O2. The van der Waals surface area contributed by atoms with Gasteiger partial charge in [-0.15, -0.1) is 0 Å². The van der Waals surface area contributed by atoms with Crippen molar-refractivity contribution < 1.29 is 9.47 Å². The molecule has 0 N–H and O–H groups in total. The van der Waals surface area contributed by atoms with Crippen LogP contribution >= 0.6 is 27.5 Å². The van der Waals surface area contributed by atoms with Crippen molar-refractivity contribution in [3.63, 3.8) is 0 Å². The summed E-state index contributed by atoms with van der Waals surface area (Å²) in [7, 11) is 3.20. The van der Waals surface area contributed by atoms with E-state index < -0.39 is 0 Å². The Morgan fingerprint density at radius 3 is 2.57 bits per heavy atom. The third-order valence-corrected chi connectivity index (χ3v) is 4.73. The molecule has 3 rings (SSSR count). The van der Waals surface area contributed by atoms with Crippen LogP contribution in [-0.4, -0.2) is 24.2 Å². The van der Waals surface area contributed by atoms with Crippen LogP contribution in [0.4, 0.5) is 0 Å². The summed E-state index contributed by atoms with van der Waals surface area (Å²) in [6.45, 7) is 0. The maximum atomic E-state index is 6.24. The number of hydrogen-bond acceptors (Lipinski definition) is 4. The van der Waals surface area contributed by atoms with Gasteiger partial charge in [-0.25, -0.2) is 9.97 Å². The van der Waals surface area contributed by atoms with Crippen LogP contribution in [0, 0.1) is 0 Å². The first kappa shape index (κ1) is 14.6. The Kier molecular flexibility index (Phi) is 4.04. The molecule has 4 nitrogen and oxygen atoms in total. The van der Waals surface area contributed by atoms with Gasteiger partial charge < -0.3 is 9.47 Å². The van der Waals surface area contributed by atoms with Crippen LogP contribution in [0.3, 0.4) is 0 Å². The third kappa shape index (κ3) is 2.72. The highest BCUT2D eigenvalue weighted by Gasteiger charge is 2.29. The van der Waals surface area contributed by atoms with Crippen molar-refractivity contribution >= 4 is 27.5 Å². The zero-order chi connectivity index (χ0) is 15.0. The second-order valence-electron chi connectivity index (χ2n) is 4.85. The molecule has 0 aliphatic heterocycles. The van der Waals surface area contributed by atoms with Crippen molar-refractivity contribution in [3.8, 4) is 22.9 Å². The van der Waals surface area contributed by atoms with Crippen molar-refractivity contribution in [1.82, 2.24) is 9.97 Å². The van der Waals surface area contributed by atoms with E-state index >= 15 is 0 Å². The predicted octanol–water partition coefficient (Wildman–Crippen LogP) is 4.45. The number of ether oxygens (including phenoxy) is 2. The summed E-state index contributed by atoms with van der Waals surface area (Å²) >= 11 is 9.72. The smallest absolute Gasteiger partial charge is 0.171 e. The van der Waals surface area contributed by atoms with E-state index in [9.17, 15) is 0 Å². The van der Waals surface area contributed by atoms with Gasteiger partial charge >= 0.3 is 0 Å². The van der Waals surface area contributed by atoms with Gasteiger partial charge in [-0.3, -0.25) is 0 Å². The minimum atomic E-state index is 0.423. The van der Waals surface area contributed by atoms with E-state index in [4.69, 9.17) is 21.1 Å². The zero-order valence-corrected chi connectivity index (χ0v) is 14.0. The molecule has 0 radical (unpaired) electrons. The quantitative estimate of drug-likeness (QED) is 0.747. The summed E-state index contributed by atoms with van der Waals surface area (Å²) in [4.78, 5) is 9.04. The maximum Gasteiger partial charge on any atom is 0.171 e. The van der Waals surface area contributed by atoms with Crippen LogP contribution in [0.25, 0.3) is 11.4 Å². The highest BCUT2D eigenvalue weighted by atomic mass is 79.9. The first-order valence-electron chi connectivity index (χ1n) is 6.60. The lowest BCUT2D eigenvalue weighted by Crippen LogP contribution is -2.00. The van der Waals surface area contributed by atoms with Crippen LogP contribution in [0.2, 0.25) is 5.15 Å². The standard InChI is InChI=1S/C15H14BrClN2O2/c1-20-10-5-3-4-9(13(10)21-2)15-18-12(8-6-7-8)11(16)14(17)19-15/h3-5,8H,6-7H2,1-2H3. The Morgan fingerprint density at radius 2 is 1.95 bits per heavy atom. The average Bonchev–Trinajstić information content (AvgIpc) is 3.33. The second kappa shape index (κ2) is 5.81. The SMILES string of the molecule is COc1cccc(-c2nc(Cl)c(Br)c(C3CC3)n2)c1OC. The fourth-order valence-corrected chi connectivity index (χ4v) is 2.92. The monoisotopic (exact) mass is 368 g/mol. The lowest BCUT2D eigenvalue weighted by molar-refractivity contribution is 0.356. The molecule has 0 bridgehead atoms. The Morgan fingerprint density at radius 1 is 1.19 bits per heavy atom. The minimum Gasteiger partial charge on any atom is -0.493 e. The summed E-state index contributed by atoms with van der Waals surface area (Å²) in [5.41, 5.74) is 1.74. The zero-order valence-electron chi connectivity index (χ0n) is 11.7. The van der Waals surface area contributed by atoms with Crippen LogP contribution in [0.1, 0.15) is 24.5 Å². The Hall–Kier alpha value is -1.33. The largest absolute Gasteiger partial charge is 0.493 e. The molecule has 1 aromatic heterocycles. The Balaban J connectivity index is 2.16. The first-order chi connectivity index (χ1) is 10.2. The molecule has 21 heavy (non-hydrogen) atoms. The molecule has 6 heteroatoms. The summed E-state index contributed by atoms with van der Waals surface area (Å²) in [6, 6.07) is 5.62. The van der Waals surface area contributed by atoms with Crippen molar-refractivity contribution in [2.75, 3.05) is 14.2 Å². The molecule has 2 aromatic rings. The highest BCUT2D eigenvalue weighted by molar-refractivity contribution is 9.10. The third-order valence-electron chi connectivity index (χ3n) is 3.44. The number of methoxy groups -OCH3 is 2. The van der Waals surface area contributed by atoms with Gasteiger partial charge in [0.15, 0.2) is 17.3 Å². The number of benzene rings is 1. The van der Waals surface area contributed by atoms with Crippen molar-refractivity contribution in [2.45, 2.75) is 18.8 Å². The lowest BCUT2D eigenvalue weighted by Gasteiger charge is -2.13. The molecule has 0 unspecified atom stereocenters. The molecule has 0 amide bonds. The van der Waals surface area contributed by atoms with Crippen molar-refractivity contribution in [1.29, 1.82) is 0 Å². The molecule has 1 aliphatic carbocycles. The normalized spacial score (nSPS) is 14.1. The molecule has 1 saturated carbocycles. The Bertz CT molecular complexity index is 690. The predicted molar refractivity (Wildman–Crippen MR) is 85.3 cm³/mol. The van der Waals surface area contributed by atoms with Gasteiger partial charge in [-0.1, -0.05) is 17.7 Å². The van der Waals surface area contributed by atoms with E-state index in [0.717, 1.165) is 28.6 Å². The number of nitrogens with zero attached hydrogens (tertiary/aromatic N) is 2. The van der Waals surface area contributed by atoms with E-state index in [1.54, 1.807) is 14.2 Å². The van der Waals surface area contributed by atoms with Crippen LogP contribution in [-0.2, 0) is 0 Å². The molecule has 0 spiro atoms. The maximum absolute atomic E-state index is 6.24. The molecule has 1 heterocycles. The van der Waals surface area contributed by atoms with E-state index in [2.05, 4.69) is 25.9 Å². The van der Waals surface area contributed by atoms with E-state index in [1.165, 1.54) is 0 Å². The van der Waals surface area contributed by atoms with Crippen molar-refractivity contribution in [2.24, 2.45) is 0 Å². The average molecular weight is 370 g/mol. The van der Waals surface area contributed by atoms with Gasteiger partial charge in [0.25, 0.3) is 0 Å². The molecule has 110 valence electrons. The summed E-state index contributed by atoms with van der Waals surface area (Å²) in [5.74, 6) is 2.28. The van der Waals surface area contributed by atoms with Gasteiger partial charge in [0.2, 0.25) is 0 Å². The van der Waals surface area contributed by atoms with E-state index in [-0.39, 0.29) is 0 Å². The molecule has 0 saturated heterocycles. The van der Waals surface area contributed by atoms with Gasteiger partial charge in [-0.2, -0.15) is 0 Å². The lowest BCUT2D eigenvalue weighted by atomic mass is 10.1. The highest BCUT2D eigenvalue weighted by Crippen LogP contribution is 2.45. The van der Waals surface area contributed by atoms with Gasteiger partial charge in [0.1, 0.15) is 5.15 Å². The van der Waals surface area contributed by atoms with Gasteiger partial charge in [0, 0.05) is 5.92 Å². The number of aromatic nitrogens is 2. The molecule has 0 atom stereocenters. The fraction of sp³-hybridized carbons (Fsp3) is 0.333. The molecule has 1 aliphatic rings. The molecular weight excluding hydrogens is 356 g/mol. The van der Waals surface area contributed by atoms with Crippen LogP contribution in [0.15, 0.2) is 22.7 Å². The van der Waals surface area contributed by atoms with Crippen LogP contribution < -0.4 is 9.47 Å². The minimum absolute atomic E-state index is 0.423. The number of halogens is 2. The van der Waals surface area contributed by atoms with Crippen LogP contribution in [0.5, 0.6) is 11.5 Å². The van der Waals surface area contributed by atoms with E-state index in [0.29, 0.717) is 28.4 Å². The number of rotatable bonds is 4. The topological polar surface area (TPSA) is 44.2 Å². The first-order valence-corrected chi connectivity index (χ1v) is 7.77. The number of para-hydroxylation sites is 1. The second-order valence-corrected chi connectivity index (χ2v) is 6.00. The summed E-state index contributed by atoms with van der Waals surface area (Å²) in [6.07, 6.45) is 2.28. The van der Waals surface area contributed by atoms with Gasteiger partial charge in [0.05, 0.1) is 29.9 Å².